The maximum Gasteiger partial charge on any atom is 0.167 e. The molecule has 1 nitrogen and oxygen atoms in total. The van der Waals surface area contributed by atoms with Crippen molar-refractivity contribution in [3.63, 3.8) is 0 Å². The van der Waals surface area contributed by atoms with E-state index in [1.807, 2.05) is 32.0 Å². The molecule has 0 unspecified atom stereocenters. The van der Waals surface area contributed by atoms with Gasteiger partial charge in [-0.05, 0) is 25.0 Å². The lowest BCUT2D eigenvalue weighted by Crippen LogP contribution is -1.78. The lowest BCUT2D eigenvalue weighted by molar-refractivity contribution is 1.34. The van der Waals surface area contributed by atoms with Gasteiger partial charge in [-0.15, -0.1) is 0 Å². The molecule has 68 valence electrons. The summed E-state index contributed by atoms with van der Waals surface area (Å²) in [7, 11) is 0. The zero-order valence-corrected chi connectivity index (χ0v) is 8.95. The van der Waals surface area contributed by atoms with Crippen LogP contribution in [-0.4, -0.2) is 5.87 Å². The highest BCUT2D eigenvalue weighted by Gasteiger charge is 1.97. The number of benzene rings is 1. The lowest BCUT2D eigenvalue weighted by atomic mass is 10.1. The van der Waals surface area contributed by atoms with E-state index < -0.39 is 0 Å². The summed E-state index contributed by atoms with van der Waals surface area (Å²) in [6, 6.07) is 5.95. The normalized spacial score (nSPS) is 9.23. The van der Waals surface area contributed by atoms with Gasteiger partial charge in [0.25, 0.3) is 0 Å². The maximum absolute atomic E-state index is 5.41. The van der Waals surface area contributed by atoms with Crippen LogP contribution >= 0.6 is 23.2 Å². The minimum absolute atomic E-state index is 0.0441. The van der Waals surface area contributed by atoms with Crippen molar-refractivity contribution < 1.29 is 0 Å². The van der Waals surface area contributed by atoms with E-state index in [-0.39, 0.29) is 4.49 Å². The van der Waals surface area contributed by atoms with Crippen molar-refractivity contribution in [2.75, 3.05) is 0 Å². The Hall–Kier alpha value is -0.750. The van der Waals surface area contributed by atoms with E-state index in [2.05, 4.69) is 10.9 Å². The summed E-state index contributed by atoms with van der Waals surface area (Å²) >= 11 is 10.8. The summed E-state index contributed by atoms with van der Waals surface area (Å²) in [5, 5.41) is 0. The number of hydrogen-bond donors (Lipinski definition) is 0. The minimum Gasteiger partial charge on any atom is -0.203 e. The van der Waals surface area contributed by atoms with Gasteiger partial charge in [-0.3, -0.25) is 0 Å². The predicted octanol–water partition coefficient (Wildman–Crippen LogP) is 3.92. The zero-order valence-electron chi connectivity index (χ0n) is 7.44. The van der Waals surface area contributed by atoms with Gasteiger partial charge in [-0.25, -0.2) is 4.99 Å². The van der Waals surface area contributed by atoms with Crippen LogP contribution in [0.5, 0.6) is 0 Å². The Morgan fingerprint density at radius 3 is 2.23 bits per heavy atom. The first-order chi connectivity index (χ1) is 6.11. The second kappa shape index (κ2) is 4.48. The van der Waals surface area contributed by atoms with E-state index in [1.54, 1.807) is 0 Å². The molecule has 0 N–H and O–H groups in total. The van der Waals surface area contributed by atoms with Crippen LogP contribution in [0.15, 0.2) is 27.7 Å². The number of aliphatic imine (C=N–C) groups is 1. The average molecular weight is 214 g/mol. The van der Waals surface area contributed by atoms with E-state index in [4.69, 9.17) is 23.2 Å². The molecule has 0 amide bonds. The Morgan fingerprint density at radius 2 is 1.77 bits per heavy atom. The predicted molar refractivity (Wildman–Crippen MR) is 58.2 cm³/mol. The third-order valence-electron chi connectivity index (χ3n) is 1.69. The van der Waals surface area contributed by atoms with Gasteiger partial charge in [-0.2, -0.15) is 0 Å². The summed E-state index contributed by atoms with van der Waals surface area (Å²) in [4.78, 5) is 4.05. The fourth-order valence-corrected chi connectivity index (χ4v) is 1.16. The van der Waals surface area contributed by atoms with Crippen LogP contribution in [0.4, 0.5) is 5.69 Å². The SMILES string of the molecule is Cc1cccc(C)c1N=C=C(Cl)Cl. The van der Waals surface area contributed by atoms with Gasteiger partial charge in [0.15, 0.2) is 4.49 Å². The molecular weight excluding hydrogens is 205 g/mol. The molecule has 13 heavy (non-hydrogen) atoms. The number of nitrogens with zero attached hydrogens (tertiary/aromatic N) is 1. The van der Waals surface area contributed by atoms with Gasteiger partial charge in [0, 0.05) is 5.87 Å². The van der Waals surface area contributed by atoms with Crippen molar-refractivity contribution in [1.29, 1.82) is 0 Å². The monoisotopic (exact) mass is 213 g/mol. The highest BCUT2D eigenvalue weighted by Crippen LogP contribution is 2.22. The summed E-state index contributed by atoms with van der Waals surface area (Å²) in [6.07, 6.45) is 0. The number of halogens is 2. The number of rotatable bonds is 1. The molecule has 0 bridgehead atoms. The number of para-hydroxylation sites is 1. The molecule has 0 atom stereocenters. The van der Waals surface area contributed by atoms with Crippen molar-refractivity contribution >= 4 is 34.8 Å². The first-order valence-corrected chi connectivity index (χ1v) is 4.58. The molecule has 0 aliphatic carbocycles. The first kappa shape index (κ1) is 10.3. The van der Waals surface area contributed by atoms with E-state index in [0.717, 1.165) is 16.8 Å². The van der Waals surface area contributed by atoms with Gasteiger partial charge in [0.1, 0.15) is 0 Å². The van der Waals surface area contributed by atoms with Crippen molar-refractivity contribution in [3.05, 3.63) is 33.8 Å². The smallest absolute Gasteiger partial charge is 0.167 e. The molecule has 0 fully saturated rings. The number of aryl methyl sites for hydroxylation is 2. The van der Waals surface area contributed by atoms with Crippen LogP contribution in [0.25, 0.3) is 0 Å². The fraction of sp³-hybridized carbons (Fsp3) is 0.200. The molecule has 0 spiro atoms. The summed E-state index contributed by atoms with van der Waals surface area (Å²) in [5.74, 6) is 2.52. The Labute approximate surface area is 87.7 Å². The third kappa shape index (κ3) is 2.89. The van der Waals surface area contributed by atoms with E-state index in [1.165, 1.54) is 0 Å². The van der Waals surface area contributed by atoms with Crippen LogP contribution in [0.1, 0.15) is 11.1 Å². The van der Waals surface area contributed by atoms with Crippen LogP contribution in [0.2, 0.25) is 0 Å². The highest BCUT2D eigenvalue weighted by atomic mass is 35.5. The van der Waals surface area contributed by atoms with E-state index in [0.29, 0.717) is 0 Å². The van der Waals surface area contributed by atoms with E-state index in [9.17, 15) is 0 Å². The Kier molecular flexibility index (Phi) is 3.56. The third-order valence-corrected chi connectivity index (χ3v) is 1.86. The largest absolute Gasteiger partial charge is 0.203 e. The Morgan fingerprint density at radius 1 is 1.23 bits per heavy atom. The van der Waals surface area contributed by atoms with Crippen LogP contribution < -0.4 is 0 Å². The maximum atomic E-state index is 5.41. The Bertz CT molecular complexity index is 352. The molecule has 0 saturated heterocycles. The van der Waals surface area contributed by atoms with Crippen molar-refractivity contribution in [2.45, 2.75) is 13.8 Å². The van der Waals surface area contributed by atoms with Gasteiger partial charge in [0.05, 0.1) is 5.69 Å². The molecular formula is C10H9Cl2N. The molecule has 1 rings (SSSR count). The van der Waals surface area contributed by atoms with Crippen LogP contribution in [0.3, 0.4) is 0 Å². The lowest BCUT2D eigenvalue weighted by Gasteiger charge is -2.00. The van der Waals surface area contributed by atoms with Crippen LogP contribution in [-0.2, 0) is 0 Å². The summed E-state index contributed by atoms with van der Waals surface area (Å²) in [5.41, 5.74) is 3.05. The van der Waals surface area contributed by atoms with Gasteiger partial charge < -0.3 is 0 Å². The topological polar surface area (TPSA) is 12.4 Å². The molecule has 3 heteroatoms. The molecule has 0 aliphatic rings. The minimum atomic E-state index is 0.0441. The first-order valence-electron chi connectivity index (χ1n) is 3.82. The van der Waals surface area contributed by atoms with Crippen molar-refractivity contribution in [1.82, 2.24) is 0 Å². The molecule has 0 aromatic heterocycles. The summed E-state index contributed by atoms with van der Waals surface area (Å²) < 4.78 is 0.0441. The second-order valence-electron chi connectivity index (χ2n) is 2.72. The quantitative estimate of drug-likeness (QED) is 0.628. The van der Waals surface area contributed by atoms with Gasteiger partial charge in [0.2, 0.25) is 0 Å². The molecule has 0 aliphatic heterocycles. The van der Waals surface area contributed by atoms with Crippen molar-refractivity contribution in [3.8, 4) is 0 Å². The Balaban J connectivity index is 3.22. The number of hydrogen-bond acceptors (Lipinski definition) is 1. The second-order valence-corrected chi connectivity index (χ2v) is 3.67. The van der Waals surface area contributed by atoms with E-state index >= 15 is 0 Å². The molecule has 1 aromatic carbocycles. The molecule has 0 radical (unpaired) electrons. The fourth-order valence-electron chi connectivity index (χ4n) is 1.08. The van der Waals surface area contributed by atoms with Crippen LogP contribution in [0, 0.1) is 13.8 Å². The zero-order chi connectivity index (χ0) is 9.84. The standard InChI is InChI=1S/C10H9Cl2N/c1-7-4-3-5-8(2)10(7)13-6-9(11)12/h3-5H,1-2H3. The van der Waals surface area contributed by atoms with Gasteiger partial charge in [-0.1, -0.05) is 41.4 Å². The highest BCUT2D eigenvalue weighted by molar-refractivity contribution is 6.59. The summed E-state index contributed by atoms with van der Waals surface area (Å²) in [6.45, 7) is 3.96. The molecule has 0 heterocycles. The molecule has 1 aromatic rings. The van der Waals surface area contributed by atoms with Crippen molar-refractivity contribution in [2.24, 2.45) is 4.99 Å². The van der Waals surface area contributed by atoms with Gasteiger partial charge >= 0.3 is 0 Å². The molecule has 0 saturated carbocycles. The average Bonchev–Trinajstić information content (AvgIpc) is 2.03.